The van der Waals surface area contributed by atoms with Gasteiger partial charge in [0.05, 0.1) is 24.2 Å². The SMILES string of the molecule is COc1cc(CNC(=O)Cn2nc(C)c(N)c2C)ccn1. The maximum atomic E-state index is 12.0. The molecule has 0 aliphatic rings. The van der Waals surface area contributed by atoms with Crippen LogP contribution in [0.25, 0.3) is 0 Å². The molecule has 0 unspecified atom stereocenters. The number of carbonyl (C=O) groups is 1. The number of ether oxygens (including phenoxy) is 1. The number of hydrogen-bond acceptors (Lipinski definition) is 5. The van der Waals surface area contributed by atoms with Crippen LogP contribution in [-0.4, -0.2) is 27.8 Å². The lowest BCUT2D eigenvalue weighted by Gasteiger charge is -2.07. The fourth-order valence-electron chi connectivity index (χ4n) is 1.93. The Bertz CT molecular complexity index is 651. The van der Waals surface area contributed by atoms with Crippen LogP contribution in [0.4, 0.5) is 5.69 Å². The van der Waals surface area contributed by atoms with Crippen LogP contribution in [-0.2, 0) is 17.9 Å². The molecule has 1 amide bonds. The lowest BCUT2D eigenvalue weighted by Crippen LogP contribution is -2.28. The number of pyridine rings is 1. The maximum absolute atomic E-state index is 12.0. The van der Waals surface area contributed by atoms with Gasteiger partial charge in [0.1, 0.15) is 6.54 Å². The number of methoxy groups -OCH3 is 1. The Balaban J connectivity index is 1.94. The molecule has 2 heterocycles. The molecule has 0 aromatic carbocycles. The third kappa shape index (κ3) is 3.50. The van der Waals surface area contributed by atoms with E-state index in [2.05, 4.69) is 15.4 Å². The Hall–Kier alpha value is -2.57. The number of nitrogens with zero attached hydrogens (tertiary/aromatic N) is 3. The molecule has 0 saturated heterocycles. The van der Waals surface area contributed by atoms with E-state index in [0.717, 1.165) is 17.0 Å². The number of nitrogens with two attached hydrogens (primary N) is 1. The molecular weight excluding hydrogens is 270 g/mol. The van der Waals surface area contributed by atoms with Gasteiger partial charge in [0, 0.05) is 18.8 Å². The Morgan fingerprint density at radius 3 is 2.86 bits per heavy atom. The van der Waals surface area contributed by atoms with Crippen molar-refractivity contribution in [3.63, 3.8) is 0 Å². The van der Waals surface area contributed by atoms with E-state index in [0.29, 0.717) is 18.1 Å². The number of aryl methyl sites for hydroxylation is 1. The molecule has 112 valence electrons. The minimum atomic E-state index is -0.128. The van der Waals surface area contributed by atoms with Crippen LogP contribution in [0, 0.1) is 13.8 Å². The highest BCUT2D eigenvalue weighted by molar-refractivity contribution is 5.75. The molecule has 2 aromatic rings. The molecule has 0 bridgehead atoms. The second-order valence-corrected chi connectivity index (χ2v) is 4.73. The number of nitrogens with one attached hydrogen (secondary N) is 1. The molecule has 3 N–H and O–H groups in total. The average Bonchev–Trinajstić information content (AvgIpc) is 2.72. The fraction of sp³-hybridized carbons (Fsp3) is 0.357. The average molecular weight is 289 g/mol. The lowest BCUT2D eigenvalue weighted by molar-refractivity contribution is -0.122. The largest absolute Gasteiger partial charge is 0.481 e. The first-order chi connectivity index (χ1) is 10.0. The zero-order valence-corrected chi connectivity index (χ0v) is 12.4. The summed E-state index contributed by atoms with van der Waals surface area (Å²) in [6.07, 6.45) is 1.64. The summed E-state index contributed by atoms with van der Waals surface area (Å²) in [5.74, 6) is 0.393. The minimum absolute atomic E-state index is 0.128. The summed E-state index contributed by atoms with van der Waals surface area (Å²) in [4.78, 5) is 16.0. The monoisotopic (exact) mass is 289 g/mol. The number of anilines is 1. The van der Waals surface area contributed by atoms with Crippen LogP contribution in [0.1, 0.15) is 17.0 Å². The van der Waals surface area contributed by atoms with Gasteiger partial charge in [-0.2, -0.15) is 5.10 Å². The summed E-state index contributed by atoms with van der Waals surface area (Å²) in [6.45, 7) is 4.22. The van der Waals surface area contributed by atoms with E-state index in [1.54, 1.807) is 24.1 Å². The van der Waals surface area contributed by atoms with Gasteiger partial charge in [-0.3, -0.25) is 9.48 Å². The smallest absolute Gasteiger partial charge is 0.242 e. The van der Waals surface area contributed by atoms with Crippen molar-refractivity contribution in [2.45, 2.75) is 26.9 Å². The Labute approximate surface area is 123 Å². The second-order valence-electron chi connectivity index (χ2n) is 4.73. The Kier molecular flexibility index (Phi) is 4.42. The third-order valence-corrected chi connectivity index (χ3v) is 3.23. The highest BCUT2D eigenvalue weighted by Gasteiger charge is 2.11. The normalized spacial score (nSPS) is 10.4. The van der Waals surface area contributed by atoms with Gasteiger partial charge in [-0.05, 0) is 25.5 Å². The maximum Gasteiger partial charge on any atom is 0.242 e. The summed E-state index contributed by atoms with van der Waals surface area (Å²) in [5.41, 5.74) is 8.92. The van der Waals surface area contributed by atoms with Crippen molar-refractivity contribution in [1.82, 2.24) is 20.1 Å². The molecule has 0 aliphatic heterocycles. The molecule has 0 saturated carbocycles. The van der Waals surface area contributed by atoms with Crippen molar-refractivity contribution in [3.05, 3.63) is 35.3 Å². The highest BCUT2D eigenvalue weighted by Crippen LogP contribution is 2.14. The van der Waals surface area contributed by atoms with Crippen LogP contribution in [0.3, 0.4) is 0 Å². The molecule has 0 spiro atoms. The molecule has 7 heteroatoms. The van der Waals surface area contributed by atoms with Crippen molar-refractivity contribution >= 4 is 11.6 Å². The molecule has 7 nitrogen and oxygen atoms in total. The highest BCUT2D eigenvalue weighted by atomic mass is 16.5. The number of amides is 1. The van der Waals surface area contributed by atoms with Gasteiger partial charge in [-0.1, -0.05) is 0 Å². The van der Waals surface area contributed by atoms with Crippen LogP contribution < -0.4 is 15.8 Å². The zero-order chi connectivity index (χ0) is 15.4. The summed E-state index contributed by atoms with van der Waals surface area (Å²) in [5, 5.41) is 7.06. The molecule has 21 heavy (non-hydrogen) atoms. The first-order valence-electron chi connectivity index (χ1n) is 6.56. The van der Waals surface area contributed by atoms with E-state index < -0.39 is 0 Å². The summed E-state index contributed by atoms with van der Waals surface area (Å²) in [6, 6.07) is 3.60. The Morgan fingerprint density at radius 2 is 2.24 bits per heavy atom. The number of rotatable bonds is 5. The van der Waals surface area contributed by atoms with E-state index in [1.807, 2.05) is 19.9 Å². The second kappa shape index (κ2) is 6.25. The number of hydrogen-bond donors (Lipinski definition) is 2. The predicted molar refractivity (Wildman–Crippen MR) is 78.7 cm³/mol. The molecule has 2 aromatic heterocycles. The molecule has 0 aliphatic carbocycles. The lowest BCUT2D eigenvalue weighted by atomic mass is 10.2. The van der Waals surface area contributed by atoms with Crippen molar-refractivity contribution in [2.24, 2.45) is 0 Å². The van der Waals surface area contributed by atoms with Gasteiger partial charge < -0.3 is 15.8 Å². The number of nitrogen functional groups attached to an aromatic ring is 1. The van der Waals surface area contributed by atoms with Crippen LogP contribution in [0.2, 0.25) is 0 Å². The van der Waals surface area contributed by atoms with Crippen LogP contribution >= 0.6 is 0 Å². The molecule has 0 fully saturated rings. The quantitative estimate of drug-likeness (QED) is 0.849. The van der Waals surface area contributed by atoms with Crippen molar-refractivity contribution in [2.75, 3.05) is 12.8 Å². The van der Waals surface area contributed by atoms with E-state index in [4.69, 9.17) is 10.5 Å². The fourth-order valence-corrected chi connectivity index (χ4v) is 1.93. The number of carbonyl (C=O) groups excluding carboxylic acids is 1. The van der Waals surface area contributed by atoms with Crippen molar-refractivity contribution in [1.29, 1.82) is 0 Å². The standard InChI is InChI=1S/C14H19N5O2/c1-9-14(15)10(2)19(18-9)8-12(20)17-7-11-4-5-16-13(6-11)21-3/h4-6H,7-8,15H2,1-3H3,(H,17,20). The third-order valence-electron chi connectivity index (χ3n) is 3.23. The molecule has 0 atom stereocenters. The van der Waals surface area contributed by atoms with E-state index in [1.165, 1.54) is 0 Å². The van der Waals surface area contributed by atoms with E-state index >= 15 is 0 Å². The molecular formula is C14H19N5O2. The van der Waals surface area contributed by atoms with Gasteiger partial charge in [0.2, 0.25) is 11.8 Å². The topological polar surface area (TPSA) is 95.1 Å². The zero-order valence-electron chi connectivity index (χ0n) is 12.4. The van der Waals surface area contributed by atoms with Crippen molar-refractivity contribution in [3.8, 4) is 5.88 Å². The summed E-state index contributed by atoms with van der Waals surface area (Å²) in [7, 11) is 1.55. The predicted octanol–water partition coefficient (Wildman–Crippen LogP) is 0.802. The first-order valence-corrected chi connectivity index (χ1v) is 6.56. The van der Waals surface area contributed by atoms with Crippen molar-refractivity contribution < 1.29 is 9.53 Å². The van der Waals surface area contributed by atoms with Crippen LogP contribution in [0.15, 0.2) is 18.3 Å². The number of aromatic nitrogens is 3. The van der Waals surface area contributed by atoms with Gasteiger partial charge in [-0.15, -0.1) is 0 Å². The summed E-state index contributed by atoms with van der Waals surface area (Å²) < 4.78 is 6.64. The van der Waals surface area contributed by atoms with Crippen LogP contribution in [0.5, 0.6) is 5.88 Å². The van der Waals surface area contributed by atoms with Gasteiger partial charge in [0.25, 0.3) is 0 Å². The minimum Gasteiger partial charge on any atom is -0.481 e. The Morgan fingerprint density at radius 1 is 1.48 bits per heavy atom. The molecule has 0 radical (unpaired) electrons. The van der Waals surface area contributed by atoms with Gasteiger partial charge in [-0.25, -0.2) is 4.98 Å². The molecule has 2 rings (SSSR count). The van der Waals surface area contributed by atoms with E-state index in [9.17, 15) is 4.79 Å². The van der Waals surface area contributed by atoms with E-state index in [-0.39, 0.29) is 12.5 Å². The summed E-state index contributed by atoms with van der Waals surface area (Å²) >= 11 is 0. The van der Waals surface area contributed by atoms with Gasteiger partial charge in [0.15, 0.2) is 0 Å². The van der Waals surface area contributed by atoms with Gasteiger partial charge >= 0.3 is 0 Å². The first kappa shape index (κ1) is 14.8.